The Balaban J connectivity index is 1.89. The molecule has 0 radical (unpaired) electrons. The molecule has 3 atom stereocenters. The Labute approximate surface area is 118 Å². The summed E-state index contributed by atoms with van der Waals surface area (Å²) in [4.78, 5) is 2.54. The van der Waals surface area contributed by atoms with Crippen LogP contribution in [0, 0.1) is 11.3 Å². The molecule has 19 heavy (non-hydrogen) atoms. The van der Waals surface area contributed by atoms with Crippen molar-refractivity contribution in [1.29, 1.82) is 0 Å². The van der Waals surface area contributed by atoms with Crippen molar-refractivity contribution in [2.24, 2.45) is 17.1 Å². The van der Waals surface area contributed by atoms with Gasteiger partial charge in [-0.15, -0.1) is 0 Å². The molecular weight excluding hydrogens is 236 g/mol. The Morgan fingerprint density at radius 3 is 2.63 bits per heavy atom. The molecule has 2 rings (SSSR count). The van der Waals surface area contributed by atoms with Crippen LogP contribution in [-0.2, 0) is 0 Å². The fourth-order valence-electron chi connectivity index (χ4n) is 3.79. The van der Waals surface area contributed by atoms with E-state index >= 15 is 0 Å². The second kappa shape index (κ2) is 5.71. The maximum Gasteiger partial charge on any atom is 0.0632 e. The number of aliphatic hydroxyl groups is 1. The predicted octanol–water partition coefficient (Wildman–Crippen LogP) is 2.38. The van der Waals surface area contributed by atoms with Crippen LogP contribution in [0.25, 0.3) is 0 Å². The smallest absolute Gasteiger partial charge is 0.0632 e. The highest BCUT2D eigenvalue weighted by Gasteiger charge is 2.34. The SMILES string of the molecule is CC1(C)CCC(N)C(CN2CCCC(C)(O)CC2)C1. The summed E-state index contributed by atoms with van der Waals surface area (Å²) >= 11 is 0. The summed E-state index contributed by atoms with van der Waals surface area (Å²) in [6.45, 7) is 10.0. The molecule has 3 heteroatoms. The zero-order valence-corrected chi connectivity index (χ0v) is 13.0. The van der Waals surface area contributed by atoms with Gasteiger partial charge in [0.25, 0.3) is 0 Å². The van der Waals surface area contributed by atoms with Gasteiger partial charge >= 0.3 is 0 Å². The third-order valence-electron chi connectivity index (χ3n) is 5.22. The first kappa shape index (κ1) is 15.3. The fourth-order valence-corrected chi connectivity index (χ4v) is 3.79. The van der Waals surface area contributed by atoms with Gasteiger partial charge in [-0.3, -0.25) is 0 Å². The van der Waals surface area contributed by atoms with Gasteiger partial charge in [-0.05, 0) is 63.3 Å². The molecule has 0 aromatic carbocycles. The van der Waals surface area contributed by atoms with Crippen molar-refractivity contribution < 1.29 is 5.11 Å². The molecule has 3 unspecified atom stereocenters. The van der Waals surface area contributed by atoms with Gasteiger partial charge in [0.05, 0.1) is 5.60 Å². The summed E-state index contributed by atoms with van der Waals surface area (Å²) in [5, 5.41) is 10.2. The van der Waals surface area contributed by atoms with E-state index in [1.807, 2.05) is 6.92 Å². The summed E-state index contributed by atoms with van der Waals surface area (Å²) in [5.41, 5.74) is 6.33. The lowest BCUT2D eigenvalue weighted by atomic mass is 9.70. The highest BCUT2D eigenvalue weighted by atomic mass is 16.3. The maximum atomic E-state index is 10.2. The largest absolute Gasteiger partial charge is 0.390 e. The van der Waals surface area contributed by atoms with Gasteiger partial charge in [0.2, 0.25) is 0 Å². The molecule has 1 aliphatic carbocycles. The molecule has 1 heterocycles. The normalized spacial score (nSPS) is 40.9. The lowest BCUT2D eigenvalue weighted by Gasteiger charge is -2.41. The lowest BCUT2D eigenvalue weighted by Crippen LogP contribution is -2.45. The van der Waals surface area contributed by atoms with E-state index in [-0.39, 0.29) is 0 Å². The molecular formula is C16H32N2O. The van der Waals surface area contributed by atoms with Gasteiger partial charge in [-0.1, -0.05) is 13.8 Å². The highest BCUT2D eigenvalue weighted by molar-refractivity contribution is 4.89. The van der Waals surface area contributed by atoms with E-state index < -0.39 is 5.60 Å². The topological polar surface area (TPSA) is 49.5 Å². The van der Waals surface area contributed by atoms with E-state index in [2.05, 4.69) is 18.7 Å². The molecule has 3 nitrogen and oxygen atoms in total. The minimum atomic E-state index is -0.456. The third-order valence-corrected chi connectivity index (χ3v) is 5.22. The molecule has 1 saturated carbocycles. The minimum absolute atomic E-state index is 0.372. The molecule has 0 aromatic rings. The van der Waals surface area contributed by atoms with E-state index in [4.69, 9.17) is 5.73 Å². The van der Waals surface area contributed by atoms with Crippen LogP contribution >= 0.6 is 0 Å². The molecule has 1 aliphatic heterocycles. The predicted molar refractivity (Wildman–Crippen MR) is 80.0 cm³/mol. The third kappa shape index (κ3) is 4.44. The first-order chi connectivity index (χ1) is 8.77. The molecule has 0 aromatic heterocycles. The summed E-state index contributed by atoms with van der Waals surface area (Å²) in [5.74, 6) is 0.631. The molecule has 0 spiro atoms. The summed E-state index contributed by atoms with van der Waals surface area (Å²) in [6, 6.07) is 0.372. The van der Waals surface area contributed by atoms with Gasteiger partial charge in [0.1, 0.15) is 0 Å². The highest BCUT2D eigenvalue weighted by Crippen LogP contribution is 2.38. The summed E-state index contributed by atoms with van der Waals surface area (Å²) < 4.78 is 0. The number of nitrogens with zero attached hydrogens (tertiary/aromatic N) is 1. The van der Waals surface area contributed by atoms with E-state index in [1.54, 1.807) is 0 Å². The van der Waals surface area contributed by atoms with Crippen molar-refractivity contribution in [3.8, 4) is 0 Å². The molecule has 0 bridgehead atoms. The Morgan fingerprint density at radius 2 is 1.89 bits per heavy atom. The number of likely N-dealkylation sites (tertiary alicyclic amines) is 1. The fraction of sp³-hybridized carbons (Fsp3) is 1.00. The van der Waals surface area contributed by atoms with Crippen molar-refractivity contribution in [2.75, 3.05) is 19.6 Å². The van der Waals surface area contributed by atoms with Crippen LogP contribution in [0.3, 0.4) is 0 Å². The Bertz CT molecular complexity index is 301. The maximum absolute atomic E-state index is 10.2. The van der Waals surface area contributed by atoms with Crippen molar-refractivity contribution >= 4 is 0 Å². The van der Waals surface area contributed by atoms with Gasteiger partial charge in [0, 0.05) is 19.1 Å². The van der Waals surface area contributed by atoms with Crippen molar-refractivity contribution in [3.05, 3.63) is 0 Å². The van der Waals surface area contributed by atoms with E-state index in [9.17, 15) is 5.11 Å². The Kier molecular flexibility index (Phi) is 4.59. The zero-order chi connectivity index (χ0) is 14.1. The molecule has 0 amide bonds. The molecule has 1 saturated heterocycles. The second-order valence-corrected chi connectivity index (χ2v) is 7.98. The number of nitrogens with two attached hydrogens (primary N) is 1. The van der Waals surface area contributed by atoms with Crippen LogP contribution in [-0.4, -0.2) is 41.3 Å². The van der Waals surface area contributed by atoms with Crippen molar-refractivity contribution in [3.63, 3.8) is 0 Å². The first-order valence-corrected chi connectivity index (χ1v) is 7.98. The van der Waals surface area contributed by atoms with Gasteiger partial charge in [-0.2, -0.15) is 0 Å². The van der Waals surface area contributed by atoms with Crippen LogP contribution in [0.5, 0.6) is 0 Å². The molecule has 112 valence electrons. The number of hydrogen-bond donors (Lipinski definition) is 2. The van der Waals surface area contributed by atoms with Gasteiger partial charge in [-0.25, -0.2) is 0 Å². The first-order valence-electron chi connectivity index (χ1n) is 7.98. The minimum Gasteiger partial charge on any atom is -0.390 e. The van der Waals surface area contributed by atoms with Crippen LogP contribution < -0.4 is 5.73 Å². The standard InChI is InChI=1S/C16H32N2O/c1-15(2)7-5-14(17)13(11-15)12-18-9-4-6-16(3,19)8-10-18/h13-14,19H,4-12,17H2,1-3H3. The van der Waals surface area contributed by atoms with E-state index in [1.165, 1.54) is 19.3 Å². The van der Waals surface area contributed by atoms with Crippen molar-refractivity contribution in [1.82, 2.24) is 4.90 Å². The molecule has 3 N–H and O–H groups in total. The molecule has 2 fully saturated rings. The monoisotopic (exact) mass is 268 g/mol. The quantitative estimate of drug-likeness (QED) is 0.808. The van der Waals surface area contributed by atoms with Crippen molar-refractivity contribution in [2.45, 2.75) is 70.9 Å². The average molecular weight is 268 g/mol. The van der Waals surface area contributed by atoms with Crippen LogP contribution in [0.4, 0.5) is 0 Å². The van der Waals surface area contributed by atoms with Crippen LogP contribution in [0.15, 0.2) is 0 Å². The number of rotatable bonds is 2. The van der Waals surface area contributed by atoms with Crippen LogP contribution in [0.1, 0.15) is 59.3 Å². The summed E-state index contributed by atoms with van der Waals surface area (Å²) in [6.07, 6.45) is 6.63. The van der Waals surface area contributed by atoms with Gasteiger partial charge < -0.3 is 15.7 Å². The van der Waals surface area contributed by atoms with Crippen LogP contribution in [0.2, 0.25) is 0 Å². The average Bonchev–Trinajstić information content (AvgIpc) is 2.46. The van der Waals surface area contributed by atoms with E-state index in [0.717, 1.165) is 38.9 Å². The Morgan fingerprint density at radius 1 is 1.16 bits per heavy atom. The zero-order valence-electron chi connectivity index (χ0n) is 13.0. The summed E-state index contributed by atoms with van der Waals surface area (Å²) in [7, 11) is 0. The Hall–Kier alpha value is -0.120. The van der Waals surface area contributed by atoms with Gasteiger partial charge in [0.15, 0.2) is 0 Å². The number of hydrogen-bond acceptors (Lipinski definition) is 3. The molecule has 2 aliphatic rings. The second-order valence-electron chi connectivity index (χ2n) is 7.98. The lowest BCUT2D eigenvalue weighted by molar-refractivity contribution is 0.0427. The van der Waals surface area contributed by atoms with E-state index in [0.29, 0.717) is 17.4 Å².